The van der Waals surface area contributed by atoms with Crippen LogP contribution in [0, 0.1) is 6.92 Å². The van der Waals surface area contributed by atoms with E-state index in [0.717, 1.165) is 22.8 Å². The number of rotatable bonds is 3. The number of aryl methyl sites for hydroxylation is 1. The van der Waals surface area contributed by atoms with Crippen molar-refractivity contribution < 1.29 is 0 Å². The molecule has 2 aromatic heterocycles. The van der Waals surface area contributed by atoms with Crippen molar-refractivity contribution in [1.82, 2.24) is 15.0 Å². The van der Waals surface area contributed by atoms with E-state index in [1.54, 1.807) is 12.4 Å². The summed E-state index contributed by atoms with van der Waals surface area (Å²) >= 11 is 0. The standard InChI is InChI=1S/C14H18N4/c1-10-7-12(11-5-4-6-16-9-11)18-13(17-10)8-14(2,3)15/h4-7,9H,8,15H2,1-3H3. The molecule has 0 aliphatic rings. The molecule has 0 aromatic carbocycles. The lowest BCUT2D eigenvalue weighted by Crippen LogP contribution is -2.35. The van der Waals surface area contributed by atoms with Gasteiger partial charge in [0.1, 0.15) is 5.82 Å². The van der Waals surface area contributed by atoms with Crippen molar-refractivity contribution in [2.24, 2.45) is 5.73 Å². The fourth-order valence-electron chi connectivity index (χ4n) is 1.78. The van der Waals surface area contributed by atoms with Crippen LogP contribution in [0.2, 0.25) is 0 Å². The number of pyridine rings is 1. The van der Waals surface area contributed by atoms with Crippen LogP contribution in [0.15, 0.2) is 30.6 Å². The second kappa shape index (κ2) is 4.82. The Hall–Kier alpha value is -1.81. The highest BCUT2D eigenvalue weighted by Gasteiger charge is 2.15. The SMILES string of the molecule is Cc1cc(-c2cccnc2)nc(CC(C)(C)N)n1. The van der Waals surface area contributed by atoms with E-state index in [9.17, 15) is 0 Å². The van der Waals surface area contributed by atoms with Gasteiger partial charge in [0.25, 0.3) is 0 Å². The summed E-state index contributed by atoms with van der Waals surface area (Å²) in [6.07, 6.45) is 4.21. The maximum atomic E-state index is 6.01. The first-order chi connectivity index (χ1) is 8.44. The van der Waals surface area contributed by atoms with Gasteiger partial charge in [-0.3, -0.25) is 4.98 Å². The van der Waals surface area contributed by atoms with E-state index in [2.05, 4.69) is 15.0 Å². The highest BCUT2D eigenvalue weighted by molar-refractivity contribution is 5.57. The zero-order chi connectivity index (χ0) is 13.2. The Kier molecular flexibility index (Phi) is 3.39. The lowest BCUT2D eigenvalue weighted by atomic mass is 10.0. The molecule has 0 bridgehead atoms. The van der Waals surface area contributed by atoms with Crippen LogP contribution in [0.5, 0.6) is 0 Å². The van der Waals surface area contributed by atoms with E-state index in [-0.39, 0.29) is 5.54 Å². The monoisotopic (exact) mass is 242 g/mol. The summed E-state index contributed by atoms with van der Waals surface area (Å²) in [5, 5.41) is 0. The zero-order valence-electron chi connectivity index (χ0n) is 11.0. The Morgan fingerprint density at radius 3 is 2.67 bits per heavy atom. The summed E-state index contributed by atoms with van der Waals surface area (Å²) in [4.78, 5) is 13.1. The predicted octanol–water partition coefficient (Wildman–Crippen LogP) is 2.13. The van der Waals surface area contributed by atoms with Crippen LogP contribution in [-0.2, 0) is 6.42 Å². The first kappa shape index (κ1) is 12.6. The molecular weight excluding hydrogens is 224 g/mol. The summed E-state index contributed by atoms with van der Waals surface area (Å²) in [5.74, 6) is 0.779. The highest BCUT2D eigenvalue weighted by atomic mass is 14.9. The fourth-order valence-corrected chi connectivity index (χ4v) is 1.78. The minimum absolute atomic E-state index is 0.306. The molecule has 0 fully saturated rings. The molecule has 2 heterocycles. The Labute approximate surface area is 107 Å². The molecule has 0 aliphatic heterocycles. The van der Waals surface area contributed by atoms with Gasteiger partial charge < -0.3 is 5.73 Å². The topological polar surface area (TPSA) is 64.7 Å². The molecule has 2 N–H and O–H groups in total. The molecule has 0 saturated heterocycles. The third kappa shape index (κ3) is 3.34. The Balaban J connectivity index is 2.39. The van der Waals surface area contributed by atoms with Gasteiger partial charge in [-0.1, -0.05) is 0 Å². The van der Waals surface area contributed by atoms with Crippen molar-refractivity contribution in [1.29, 1.82) is 0 Å². The van der Waals surface area contributed by atoms with Crippen molar-refractivity contribution in [2.45, 2.75) is 32.7 Å². The Morgan fingerprint density at radius 1 is 1.28 bits per heavy atom. The van der Waals surface area contributed by atoms with Gasteiger partial charge in [-0.05, 0) is 39.0 Å². The van der Waals surface area contributed by atoms with Gasteiger partial charge in [0.15, 0.2) is 0 Å². The third-order valence-corrected chi connectivity index (χ3v) is 2.47. The average molecular weight is 242 g/mol. The maximum absolute atomic E-state index is 6.01. The van der Waals surface area contributed by atoms with E-state index < -0.39 is 0 Å². The predicted molar refractivity (Wildman–Crippen MR) is 72.0 cm³/mol. The van der Waals surface area contributed by atoms with E-state index in [0.29, 0.717) is 6.42 Å². The minimum Gasteiger partial charge on any atom is -0.325 e. The van der Waals surface area contributed by atoms with E-state index >= 15 is 0 Å². The number of hydrogen-bond acceptors (Lipinski definition) is 4. The molecular formula is C14H18N4. The zero-order valence-corrected chi connectivity index (χ0v) is 11.0. The van der Waals surface area contributed by atoms with Gasteiger partial charge >= 0.3 is 0 Å². The lowest BCUT2D eigenvalue weighted by molar-refractivity contribution is 0.502. The third-order valence-electron chi connectivity index (χ3n) is 2.47. The second-order valence-corrected chi connectivity index (χ2v) is 5.22. The molecule has 2 rings (SSSR count). The molecule has 0 spiro atoms. The van der Waals surface area contributed by atoms with Crippen LogP contribution in [0.1, 0.15) is 25.4 Å². The average Bonchev–Trinajstić information content (AvgIpc) is 2.27. The summed E-state index contributed by atoms with van der Waals surface area (Å²) in [5.41, 5.74) is 8.55. The summed E-state index contributed by atoms with van der Waals surface area (Å²) in [6, 6.07) is 5.86. The number of aromatic nitrogens is 3. The summed E-state index contributed by atoms with van der Waals surface area (Å²) < 4.78 is 0. The van der Waals surface area contributed by atoms with Crippen molar-refractivity contribution in [2.75, 3.05) is 0 Å². The van der Waals surface area contributed by atoms with Gasteiger partial charge in [-0.25, -0.2) is 9.97 Å². The van der Waals surface area contributed by atoms with E-state index in [4.69, 9.17) is 5.73 Å². The second-order valence-electron chi connectivity index (χ2n) is 5.22. The van der Waals surface area contributed by atoms with Crippen molar-refractivity contribution in [3.8, 4) is 11.3 Å². The Bertz CT molecular complexity index is 529. The lowest BCUT2D eigenvalue weighted by Gasteiger charge is -2.17. The van der Waals surface area contributed by atoms with Crippen molar-refractivity contribution >= 4 is 0 Å². The van der Waals surface area contributed by atoms with Crippen molar-refractivity contribution in [3.05, 3.63) is 42.1 Å². The van der Waals surface area contributed by atoms with Gasteiger partial charge in [0, 0.05) is 35.6 Å². The largest absolute Gasteiger partial charge is 0.325 e. The molecule has 0 atom stereocenters. The van der Waals surface area contributed by atoms with Gasteiger partial charge in [0.05, 0.1) is 5.69 Å². The van der Waals surface area contributed by atoms with Gasteiger partial charge in [-0.2, -0.15) is 0 Å². The quantitative estimate of drug-likeness (QED) is 0.895. The molecule has 0 unspecified atom stereocenters. The van der Waals surface area contributed by atoms with Gasteiger partial charge in [0.2, 0.25) is 0 Å². The fraction of sp³-hybridized carbons (Fsp3) is 0.357. The molecule has 2 aromatic rings. The molecule has 0 radical (unpaired) electrons. The van der Waals surface area contributed by atoms with E-state index in [1.807, 2.05) is 39.0 Å². The molecule has 0 amide bonds. The van der Waals surface area contributed by atoms with Crippen LogP contribution in [0.25, 0.3) is 11.3 Å². The maximum Gasteiger partial charge on any atom is 0.131 e. The first-order valence-corrected chi connectivity index (χ1v) is 5.98. The van der Waals surface area contributed by atoms with Crippen LogP contribution in [-0.4, -0.2) is 20.5 Å². The molecule has 4 nitrogen and oxygen atoms in total. The molecule has 0 aliphatic carbocycles. The smallest absolute Gasteiger partial charge is 0.131 e. The van der Waals surface area contributed by atoms with Crippen molar-refractivity contribution in [3.63, 3.8) is 0 Å². The summed E-state index contributed by atoms with van der Waals surface area (Å²) in [7, 11) is 0. The van der Waals surface area contributed by atoms with Crippen LogP contribution in [0.3, 0.4) is 0 Å². The normalized spacial score (nSPS) is 11.6. The van der Waals surface area contributed by atoms with E-state index in [1.165, 1.54) is 0 Å². The summed E-state index contributed by atoms with van der Waals surface area (Å²) in [6.45, 7) is 5.92. The molecule has 4 heteroatoms. The van der Waals surface area contributed by atoms with Crippen LogP contribution >= 0.6 is 0 Å². The Morgan fingerprint density at radius 2 is 2.06 bits per heavy atom. The van der Waals surface area contributed by atoms with Crippen LogP contribution < -0.4 is 5.73 Å². The number of nitrogens with zero attached hydrogens (tertiary/aromatic N) is 3. The highest BCUT2D eigenvalue weighted by Crippen LogP contribution is 2.17. The molecule has 94 valence electrons. The number of nitrogens with two attached hydrogens (primary N) is 1. The molecule has 0 saturated carbocycles. The van der Waals surface area contributed by atoms with Crippen LogP contribution in [0.4, 0.5) is 0 Å². The number of hydrogen-bond donors (Lipinski definition) is 1. The van der Waals surface area contributed by atoms with Gasteiger partial charge in [-0.15, -0.1) is 0 Å². The molecule has 18 heavy (non-hydrogen) atoms. The first-order valence-electron chi connectivity index (χ1n) is 5.98. The minimum atomic E-state index is -0.306.